The summed E-state index contributed by atoms with van der Waals surface area (Å²) in [6.07, 6.45) is -7.60. The van der Waals surface area contributed by atoms with Crippen molar-refractivity contribution in [2.45, 2.75) is 37.6 Å². The summed E-state index contributed by atoms with van der Waals surface area (Å²) in [5.74, 6) is -0.516. The summed E-state index contributed by atoms with van der Waals surface area (Å²) < 4.78 is 4.59. The molecule has 0 radical (unpaired) electrons. The van der Waals surface area contributed by atoms with E-state index in [9.17, 15) is 9.90 Å². The van der Waals surface area contributed by atoms with Crippen molar-refractivity contribution in [1.29, 1.82) is 0 Å². The lowest BCUT2D eigenvalue weighted by Crippen LogP contribution is -2.59. The zero-order valence-electron chi connectivity index (χ0n) is 6.99. The molecule has 6 heteroatoms. The van der Waals surface area contributed by atoms with Crippen molar-refractivity contribution < 1.29 is 30.0 Å². The molecule has 1 rings (SSSR count). The van der Waals surface area contributed by atoms with Crippen molar-refractivity contribution in [3.8, 4) is 0 Å². The van der Waals surface area contributed by atoms with Gasteiger partial charge in [-0.05, 0) is 6.92 Å². The van der Waals surface area contributed by atoms with Gasteiger partial charge in [0.15, 0.2) is 12.1 Å². The molecule has 13 heavy (non-hydrogen) atoms. The molecule has 0 saturated carbocycles. The van der Waals surface area contributed by atoms with Gasteiger partial charge in [0.2, 0.25) is 0 Å². The Balaban J connectivity index is 2.76. The molecule has 0 bridgehead atoms. The van der Waals surface area contributed by atoms with E-state index in [1.54, 1.807) is 0 Å². The van der Waals surface area contributed by atoms with Crippen LogP contribution in [0.15, 0.2) is 0 Å². The second kappa shape index (κ2) is 3.69. The van der Waals surface area contributed by atoms with Gasteiger partial charge >= 0.3 is 0 Å². The van der Waals surface area contributed by atoms with Gasteiger partial charge in [-0.3, -0.25) is 4.79 Å². The van der Waals surface area contributed by atoms with Crippen LogP contribution < -0.4 is 0 Å². The van der Waals surface area contributed by atoms with Crippen LogP contribution in [0.2, 0.25) is 0 Å². The topological polar surface area (TPSA) is 107 Å². The molecule has 1 aliphatic heterocycles. The standard InChI is InChI=1S/C7H12O6/c1-2(8)6-4(10)3(9)5(11)7(12)13-6/h3-7,9-12H,1H3/t3-,4-,5-,6-,7+/m0/s1. The lowest BCUT2D eigenvalue weighted by molar-refractivity contribution is -0.274. The van der Waals surface area contributed by atoms with E-state index in [1.165, 1.54) is 0 Å². The molecular formula is C7H12O6. The van der Waals surface area contributed by atoms with Gasteiger partial charge in [0, 0.05) is 0 Å². The smallest absolute Gasteiger partial charge is 0.184 e. The first-order chi connectivity index (χ1) is 5.95. The van der Waals surface area contributed by atoms with Crippen LogP contribution in [0.5, 0.6) is 0 Å². The minimum Gasteiger partial charge on any atom is -0.387 e. The molecule has 1 aliphatic rings. The van der Waals surface area contributed by atoms with E-state index in [-0.39, 0.29) is 0 Å². The molecule has 0 amide bonds. The normalized spacial score (nSPS) is 46.1. The predicted molar refractivity (Wildman–Crippen MR) is 39.6 cm³/mol. The molecule has 1 fully saturated rings. The number of ether oxygens (including phenoxy) is 1. The highest BCUT2D eigenvalue weighted by Gasteiger charge is 2.44. The van der Waals surface area contributed by atoms with E-state index >= 15 is 0 Å². The van der Waals surface area contributed by atoms with Crippen LogP contribution in [-0.2, 0) is 9.53 Å². The first-order valence-electron chi connectivity index (χ1n) is 3.83. The molecule has 1 heterocycles. The molecule has 6 nitrogen and oxygen atoms in total. The zero-order chi connectivity index (χ0) is 10.2. The first kappa shape index (κ1) is 10.6. The number of carbonyl (C=O) groups is 1. The third-order valence-corrected chi connectivity index (χ3v) is 1.99. The maximum absolute atomic E-state index is 10.8. The Kier molecular flexibility index (Phi) is 2.99. The summed E-state index contributed by atoms with van der Waals surface area (Å²) >= 11 is 0. The van der Waals surface area contributed by atoms with Gasteiger partial charge in [-0.1, -0.05) is 0 Å². The molecule has 5 atom stereocenters. The van der Waals surface area contributed by atoms with Gasteiger partial charge in [0.05, 0.1) is 0 Å². The number of rotatable bonds is 1. The van der Waals surface area contributed by atoms with Crippen LogP contribution in [-0.4, -0.2) is 56.9 Å². The molecular weight excluding hydrogens is 180 g/mol. The third-order valence-electron chi connectivity index (χ3n) is 1.99. The number of hydrogen-bond donors (Lipinski definition) is 4. The van der Waals surface area contributed by atoms with Crippen LogP contribution in [0, 0.1) is 0 Å². The largest absolute Gasteiger partial charge is 0.387 e. The fourth-order valence-electron chi connectivity index (χ4n) is 1.20. The average Bonchev–Trinajstić information content (AvgIpc) is 2.07. The number of carbonyl (C=O) groups excluding carboxylic acids is 1. The minimum absolute atomic E-state index is 0.516. The predicted octanol–water partition coefficient (Wildman–Crippen LogP) is -2.62. The highest BCUT2D eigenvalue weighted by atomic mass is 16.6. The Labute approximate surface area is 74.4 Å². The highest BCUT2D eigenvalue weighted by Crippen LogP contribution is 2.20. The molecule has 4 N–H and O–H groups in total. The van der Waals surface area contributed by atoms with Gasteiger partial charge in [-0.15, -0.1) is 0 Å². The lowest BCUT2D eigenvalue weighted by Gasteiger charge is -2.37. The fraction of sp³-hybridized carbons (Fsp3) is 0.857. The Morgan fingerprint density at radius 1 is 1.08 bits per heavy atom. The van der Waals surface area contributed by atoms with Crippen LogP contribution >= 0.6 is 0 Å². The molecule has 0 aromatic heterocycles. The molecule has 0 aliphatic carbocycles. The Morgan fingerprint density at radius 3 is 2.08 bits per heavy atom. The summed E-state index contributed by atoms with van der Waals surface area (Å²) in [7, 11) is 0. The Hall–Kier alpha value is -0.530. The van der Waals surface area contributed by atoms with E-state index in [0.717, 1.165) is 6.92 Å². The van der Waals surface area contributed by atoms with Crippen molar-refractivity contribution in [2.24, 2.45) is 0 Å². The molecule has 0 aromatic carbocycles. The number of aliphatic hydroxyl groups excluding tert-OH is 4. The number of ketones is 1. The molecule has 0 aromatic rings. The van der Waals surface area contributed by atoms with Crippen LogP contribution in [0.1, 0.15) is 6.92 Å². The Bertz CT molecular complexity index is 205. The SMILES string of the molecule is CC(=O)[C@@H]1O[C@@H](O)[C@@H](O)[C@@H](O)[C@@H]1O. The van der Waals surface area contributed by atoms with Crippen molar-refractivity contribution in [3.63, 3.8) is 0 Å². The minimum atomic E-state index is -1.65. The third kappa shape index (κ3) is 1.87. The van der Waals surface area contributed by atoms with E-state index in [2.05, 4.69) is 4.74 Å². The monoisotopic (exact) mass is 192 g/mol. The van der Waals surface area contributed by atoms with E-state index in [0.29, 0.717) is 0 Å². The summed E-state index contributed by atoms with van der Waals surface area (Å²) in [6, 6.07) is 0. The molecule has 76 valence electrons. The van der Waals surface area contributed by atoms with Crippen LogP contribution in [0.4, 0.5) is 0 Å². The number of aliphatic hydroxyl groups is 4. The van der Waals surface area contributed by atoms with Crippen molar-refractivity contribution >= 4 is 5.78 Å². The van der Waals surface area contributed by atoms with Crippen LogP contribution in [0.25, 0.3) is 0 Å². The van der Waals surface area contributed by atoms with Gasteiger partial charge in [0.25, 0.3) is 0 Å². The fourth-order valence-corrected chi connectivity index (χ4v) is 1.20. The van der Waals surface area contributed by atoms with Gasteiger partial charge in [-0.2, -0.15) is 0 Å². The second-order valence-corrected chi connectivity index (χ2v) is 3.03. The second-order valence-electron chi connectivity index (χ2n) is 3.03. The summed E-state index contributed by atoms with van der Waals surface area (Å²) in [4.78, 5) is 10.8. The molecule has 0 unspecified atom stereocenters. The number of Topliss-reactive ketones (excluding diaryl/α,β-unsaturated/α-hetero) is 1. The van der Waals surface area contributed by atoms with Gasteiger partial charge in [-0.25, -0.2) is 0 Å². The summed E-state index contributed by atoms with van der Waals surface area (Å²) in [5, 5.41) is 36.4. The van der Waals surface area contributed by atoms with Crippen molar-refractivity contribution in [2.75, 3.05) is 0 Å². The van der Waals surface area contributed by atoms with Gasteiger partial charge in [0.1, 0.15) is 24.4 Å². The lowest BCUT2D eigenvalue weighted by atomic mass is 9.97. The van der Waals surface area contributed by atoms with E-state index in [1.807, 2.05) is 0 Å². The van der Waals surface area contributed by atoms with E-state index in [4.69, 9.17) is 15.3 Å². The maximum atomic E-state index is 10.8. The molecule has 0 spiro atoms. The van der Waals surface area contributed by atoms with Crippen LogP contribution in [0.3, 0.4) is 0 Å². The highest BCUT2D eigenvalue weighted by molar-refractivity contribution is 5.81. The first-order valence-corrected chi connectivity index (χ1v) is 3.83. The van der Waals surface area contributed by atoms with Crippen molar-refractivity contribution in [3.05, 3.63) is 0 Å². The number of hydrogen-bond acceptors (Lipinski definition) is 6. The summed E-state index contributed by atoms with van der Waals surface area (Å²) in [5.41, 5.74) is 0. The van der Waals surface area contributed by atoms with E-state index < -0.39 is 36.5 Å². The maximum Gasteiger partial charge on any atom is 0.184 e. The summed E-state index contributed by atoms with van der Waals surface area (Å²) in [6.45, 7) is 1.16. The molecule has 1 saturated heterocycles. The Morgan fingerprint density at radius 2 is 1.62 bits per heavy atom. The average molecular weight is 192 g/mol. The van der Waals surface area contributed by atoms with Crippen molar-refractivity contribution in [1.82, 2.24) is 0 Å². The quantitative estimate of drug-likeness (QED) is 0.362. The zero-order valence-corrected chi connectivity index (χ0v) is 6.99. The van der Waals surface area contributed by atoms with Gasteiger partial charge < -0.3 is 25.2 Å².